The van der Waals surface area contributed by atoms with Crippen molar-refractivity contribution in [1.29, 1.82) is 0 Å². The summed E-state index contributed by atoms with van der Waals surface area (Å²) in [5.74, 6) is 1.00. The summed E-state index contributed by atoms with van der Waals surface area (Å²) in [5, 5.41) is 2.97. The highest BCUT2D eigenvalue weighted by molar-refractivity contribution is 9.10. The van der Waals surface area contributed by atoms with Crippen molar-refractivity contribution in [2.75, 3.05) is 14.2 Å². The molecule has 2 aromatic carbocycles. The molecule has 0 aliphatic heterocycles. The van der Waals surface area contributed by atoms with Crippen molar-refractivity contribution in [3.05, 3.63) is 76.0 Å². The maximum Gasteiger partial charge on any atom is 0.253 e. The first-order valence-corrected chi connectivity index (χ1v) is 9.18. The number of carbonyl (C=O) groups excluding carboxylic acids is 1. The first kappa shape index (κ1) is 19.9. The molecule has 1 heterocycles. The molecular formula is C20H19BrFN3O3. The molecule has 146 valence electrons. The summed E-state index contributed by atoms with van der Waals surface area (Å²) >= 11 is 3.24. The number of hydrogen-bond donors (Lipinski definition) is 1. The zero-order valence-electron chi connectivity index (χ0n) is 15.6. The number of aromatic nitrogens is 2. The number of ether oxygens (including phenoxy) is 2. The lowest BCUT2D eigenvalue weighted by molar-refractivity contribution is 0.0940. The molecule has 0 saturated heterocycles. The maximum absolute atomic E-state index is 13.4. The fourth-order valence-corrected chi connectivity index (χ4v) is 3.36. The van der Waals surface area contributed by atoms with Gasteiger partial charge in [0, 0.05) is 30.0 Å². The second kappa shape index (κ2) is 8.43. The third kappa shape index (κ3) is 4.17. The number of rotatable bonds is 6. The smallest absolute Gasteiger partial charge is 0.253 e. The van der Waals surface area contributed by atoms with Crippen LogP contribution in [-0.2, 0) is 7.05 Å². The van der Waals surface area contributed by atoms with Crippen LogP contribution in [0.4, 0.5) is 4.39 Å². The van der Waals surface area contributed by atoms with Crippen molar-refractivity contribution in [3.63, 3.8) is 0 Å². The van der Waals surface area contributed by atoms with Gasteiger partial charge in [0.05, 0.1) is 19.8 Å². The van der Waals surface area contributed by atoms with E-state index in [4.69, 9.17) is 9.47 Å². The molecule has 28 heavy (non-hydrogen) atoms. The minimum atomic E-state index is -0.576. The van der Waals surface area contributed by atoms with E-state index < -0.39 is 11.9 Å². The van der Waals surface area contributed by atoms with Gasteiger partial charge in [-0.25, -0.2) is 9.37 Å². The van der Waals surface area contributed by atoms with Gasteiger partial charge in [-0.05, 0) is 51.8 Å². The summed E-state index contributed by atoms with van der Waals surface area (Å²) in [6, 6.07) is 8.70. The Morgan fingerprint density at radius 3 is 2.39 bits per heavy atom. The van der Waals surface area contributed by atoms with Crippen LogP contribution < -0.4 is 14.8 Å². The number of benzene rings is 2. The van der Waals surface area contributed by atoms with Crippen LogP contribution in [0.2, 0.25) is 0 Å². The summed E-state index contributed by atoms with van der Waals surface area (Å²) < 4.78 is 26.3. The lowest BCUT2D eigenvalue weighted by Crippen LogP contribution is -2.31. The number of methoxy groups -OCH3 is 2. The molecule has 8 heteroatoms. The minimum absolute atomic E-state index is 0.315. The van der Waals surface area contributed by atoms with Crippen LogP contribution in [0.5, 0.6) is 11.5 Å². The number of amides is 1. The van der Waals surface area contributed by atoms with Crippen LogP contribution in [0.1, 0.15) is 27.8 Å². The number of aryl methyl sites for hydroxylation is 1. The molecule has 0 radical (unpaired) electrons. The van der Waals surface area contributed by atoms with E-state index in [1.165, 1.54) is 18.2 Å². The number of nitrogens with zero attached hydrogens (tertiary/aromatic N) is 2. The third-order valence-corrected chi connectivity index (χ3v) is 4.93. The van der Waals surface area contributed by atoms with Crippen LogP contribution in [0.15, 0.2) is 53.3 Å². The molecule has 1 N–H and O–H groups in total. The lowest BCUT2D eigenvalue weighted by atomic mass is 10.0. The number of hydrogen-bond acceptors (Lipinski definition) is 4. The second-order valence-electron chi connectivity index (χ2n) is 6.07. The third-order valence-electron chi connectivity index (χ3n) is 4.27. The van der Waals surface area contributed by atoms with Gasteiger partial charge >= 0.3 is 0 Å². The van der Waals surface area contributed by atoms with Crippen LogP contribution in [0.25, 0.3) is 0 Å². The predicted molar refractivity (Wildman–Crippen MR) is 106 cm³/mol. The van der Waals surface area contributed by atoms with E-state index in [-0.39, 0.29) is 5.91 Å². The Morgan fingerprint density at radius 1 is 1.18 bits per heavy atom. The Morgan fingerprint density at radius 2 is 1.86 bits per heavy atom. The Balaban J connectivity index is 2.04. The van der Waals surface area contributed by atoms with E-state index in [2.05, 4.69) is 26.2 Å². The van der Waals surface area contributed by atoms with Crippen molar-refractivity contribution in [2.45, 2.75) is 6.04 Å². The largest absolute Gasteiger partial charge is 0.497 e. The van der Waals surface area contributed by atoms with E-state index in [0.717, 1.165) is 5.56 Å². The molecule has 0 spiro atoms. The highest BCUT2D eigenvalue weighted by Gasteiger charge is 2.24. The van der Waals surface area contributed by atoms with Crippen molar-refractivity contribution in [1.82, 2.24) is 14.9 Å². The van der Waals surface area contributed by atoms with Crippen LogP contribution in [-0.4, -0.2) is 29.7 Å². The van der Waals surface area contributed by atoms with Gasteiger partial charge in [0.1, 0.15) is 29.2 Å². The zero-order chi connectivity index (χ0) is 20.3. The average molecular weight is 448 g/mol. The standard InChI is InChI=1S/C20H19BrFN3O3/c1-25-7-6-23-19(25)18(12-8-14(27-2)11-15(9-12)28-3)24-20(26)16-5-4-13(22)10-17(16)21/h4-11,18H,1-3H3,(H,24,26). The van der Waals surface area contributed by atoms with Gasteiger partial charge in [-0.1, -0.05) is 0 Å². The minimum Gasteiger partial charge on any atom is -0.497 e. The molecule has 1 unspecified atom stereocenters. The Labute approximate surface area is 170 Å². The number of imidazole rings is 1. The van der Waals surface area contributed by atoms with Crippen LogP contribution >= 0.6 is 15.9 Å². The molecule has 1 aromatic heterocycles. The quantitative estimate of drug-likeness (QED) is 0.622. The molecule has 1 amide bonds. The monoisotopic (exact) mass is 447 g/mol. The highest BCUT2D eigenvalue weighted by Crippen LogP contribution is 2.30. The molecule has 6 nitrogen and oxygen atoms in total. The van der Waals surface area contributed by atoms with E-state index >= 15 is 0 Å². The summed E-state index contributed by atoms with van der Waals surface area (Å²) in [7, 11) is 4.96. The number of nitrogens with one attached hydrogen (secondary N) is 1. The summed E-state index contributed by atoms with van der Waals surface area (Å²) in [4.78, 5) is 17.3. The van der Waals surface area contributed by atoms with Crippen molar-refractivity contribution >= 4 is 21.8 Å². The van der Waals surface area contributed by atoms with E-state index in [9.17, 15) is 9.18 Å². The normalized spacial score (nSPS) is 11.8. The van der Waals surface area contributed by atoms with Crippen LogP contribution in [0.3, 0.4) is 0 Å². The van der Waals surface area contributed by atoms with Crippen molar-refractivity contribution in [3.8, 4) is 11.5 Å². The fraction of sp³-hybridized carbons (Fsp3) is 0.200. The summed E-state index contributed by atoms with van der Waals surface area (Å²) in [6.07, 6.45) is 3.44. The van der Waals surface area contributed by atoms with Gasteiger partial charge in [0.25, 0.3) is 5.91 Å². The zero-order valence-corrected chi connectivity index (χ0v) is 17.2. The molecule has 3 aromatic rings. The van der Waals surface area contributed by atoms with Crippen LogP contribution in [0, 0.1) is 5.82 Å². The van der Waals surface area contributed by atoms with Gasteiger partial charge in [-0.15, -0.1) is 0 Å². The molecule has 0 fully saturated rings. The number of carbonyl (C=O) groups is 1. The molecule has 1 atom stereocenters. The predicted octanol–water partition coefficient (Wildman–Crippen LogP) is 3.86. The highest BCUT2D eigenvalue weighted by atomic mass is 79.9. The van der Waals surface area contributed by atoms with Gasteiger partial charge in [0.2, 0.25) is 0 Å². The van der Waals surface area contributed by atoms with Gasteiger partial charge in [0.15, 0.2) is 0 Å². The van der Waals surface area contributed by atoms with Crippen molar-refractivity contribution < 1.29 is 18.7 Å². The molecule has 3 rings (SSSR count). The van der Waals surface area contributed by atoms with Crippen molar-refractivity contribution in [2.24, 2.45) is 7.05 Å². The average Bonchev–Trinajstić information content (AvgIpc) is 3.11. The Hall–Kier alpha value is -2.87. The molecular weight excluding hydrogens is 429 g/mol. The Bertz CT molecular complexity index is 984. The van der Waals surface area contributed by atoms with Gasteiger partial charge < -0.3 is 19.4 Å². The summed E-state index contributed by atoms with van der Waals surface area (Å²) in [5.41, 5.74) is 1.05. The lowest BCUT2D eigenvalue weighted by Gasteiger charge is -2.21. The number of halogens is 2. The topological polar surface area (TPSA) is 65.4 Å². The Kier molecular flexibility index (Phi) is 5.99. The first-order chi connectivity index (χ1) is 13.4. The molecule has 0 aliphatic rings. The van der Waals surface area contributed by atoms with E-state index in [1.807, 2.05) is 23.7 Å². The molecule has 0 aliphatic carbocycles. The fourth-order valence-electron chi connectivity index (χ4n) is 2.83. The molecule has 0 saturated carbocycles. The van der Waals surface area contributed by atoms with Gasteiger partial charge in [-0.3, -0.25) is 4.79 Å². The second-order valence-corrected chi connectivity index (χ2v) is 6.93. The van der Waals surface area contributed by atoms with Gasteiger partial charge in [-0.2, -0.15) is 0 Å². The van der Waals surface area contributed by atoms with E-state index in [1.54, 1.807) is 32.7 Å². The maximum atomic E-state index is 13.4. The molecule has 0 bridgehead atoms. The SMILES string of the molecule is COc1cc(OC)cc(C(NC(=O)c2ccc(F)cc2Br)c2nccn2C)c1. The van der Waals surface area contributed by atoms with E-state index in [0.29, 0.717) is 27.4 Å². The summed E-state index contributed by atoms with van der Waals surface area (Å²) in [6.45, 7) is 0. The first-order valence-electron chi connectivity index (χ1n) is 8.39.